The van der Waals surface area contributed by atoms with E-state index in [0.717, 1.165) is 10.8 Å². The first-order chi connectivity index (χ1) is 15.0. The third-order valence-corrected chi connectivity index (χ3v) is 5.06. The molecule has 0 aliphatic carbocycles. The molecule has 0 radical (unpaired) electrons. The minimum absolute atomic E-state index is 0.157. The second-order valence-electron chi connectivity index (χ2n) is 7.10. The van der Waals surface area contributed by atoms with Crippen LogP contribution < -0.4 is 10.9 Å². The highest BCUT2D eigenvalue weighted by atomic mass is 16.5. The molecule has 4 aromatic rings. The third-order valence-electron chi connectivity index (χ3n) is 5.06. The first-order valence-electron chi connectivity index (χ1n) is 9.94. The van der Waals surface area contributed by atoms with Gasteiger partial charge >= 0.3 is 5.97 Å². The van der Waals surface area contributed by atoms with E-state index in [0.29, 0.717) is 29.0 Å². The summed E-state index contributed by atoms with van der Waals surface area (Å²) in [7, 11) is 0. The molecule has 7 heteroatoms. The van der Waals surface area contributed by atoms with Crippen molar-refractivity contribution in [2.24, 2.45) is 0 Å². The zero-order chi connectivity index (χ0) is 22.0. The van der Waals surface area contributed by atoms with Crippen molar-refractivity contribution in [2.45, 2.75) is 20.4 Å². The fraction of sp³-hybridized carbons (Fsp3) is 0.167. The third kappa shape index (κ3) is 4.02. The van der Waals surface area contributed by atoms with Crippen molar-refractivity contribution in [3.63, 3.8) is 0 Å². The molecule has 0 atom stereocenters. The lowest BCUT2D eigenvalue weighted by molar-refractivity contribution is -0.119. The number of anilines is 1. The molecule has 7 nitrogen and oxygen atoms in total. The van der Waals surface area contributed by atoms with E-state index in [-0.39, 0.29) is 11.1 Å². The van der Waals surface area contributed by atoms with Gasteiger partial charge in [0.25, 0.3) is 11.5 Å². The van der Waals surface area contributed by atoms with Gasteiger partial charge in [-0.3, -0.25) is 9.59 Å². The number of aryl methyl sites for hydroxylation is 2. The van der Waals surface area contributed by atoms with Gasteiger partial charge in [0.15, 0.2) is 6.61 Å². The van der Waals surface area contributed by atoms with E-state index in [1.54, 1.807) is 35.8 Å². The summed E-state index contributed by atoms with van der Waals surface area (Å²) in [6.07, 6.45) is 0. The maximum absolute atomic E-state index is 12.5. The molecular formula is C24H21N3O4. The molecule has 1 heterocycles. The number of benzene rings is 3. The molecule has 3 aromatic carbocycles. The van der Waals surface area contributed by atoms with Gasteiger partial charge in [0.1, 0.15) is 5.69 Å². The molecule has 0 bridgehead atoms. The van der Waals surface area contributed by atoms with E-state index < -0.39 is 18.5 Å². The Morgan fingerprint density at radius 1 is 1.06 bits per heavy atom. The lowest BCUT2D eigenvalue weighted by Gasteiger charge is -2.11. The number of nitrogens with one attached hydrogen (secondary N) is 1. The normalized spacial score (nSPS) is 10.9. The van der Waals surface area contributed by atoms with Gasteiger partial charge in [0, 0.05) is 17.6 Å². The number of rotatable bonds is 5. The fourth-order valence-electron chi connectivity index (χ4n) is 3.55. The van der Waals surface area contributed by atoms with Gasteiger partial charge < -0.3 is 14.6 Å². The molecule has 156 valence electrons. The molecule has 0 spiro atoms. The average molecular weight is 415 g/mol. The quantitative estimate of drug-likeness (QED) is 0.502. The van der Waals surface area contributed by atoms with Crippen LogP contribution in [0.5, 0.6) is 0 Å². The van der Waals surface area contributed by atoms with Crippen LogP contribution in [0.15, 0.2) is 65.5 Å². The highest BCUT2D eigenvalue weighted by Gasteiger charge is 2.14. The van der Waals surface area contributed by atoms with Crippen LogP contribution in [0.4, 0.5) is 5.69 Å². The highest BCUT2D eigenvalue weighted by molar-refractivity contribution is 6.03. The van der Waals surface area contributed by atoms with Gasteiger partial charge in [-0.1, -0.05) is 36.4 Å². The van der Waals surface area contributed by atoms with Crippen LogP contribution in [0.2, 0.25) is 0 Å². The smallest absolute Gasteiger partial charge is 0.338 e. The molecule has 1 aromatic heterocycles. The minimum atomic E-state index is -0.635. The minimum Gasteiger partial charge on any atom is -0.452 e. The summed E-state index contributed by atoms with van der Waals surface area (Å²) in [5, 5.41) is 4.69. The monoisotopic (exact) mass is 415 g/mol. The number of carbonyl (C=O) groups is 2. The molecule has 0 saturated heterocycles. The number of aromatic nitrogens is 2. The summed E-state index contributed by atoms with van der Waals surface area (Å²) in [5.74, 6) is -1.07. The second kappa shape index (κ2) is 8.39. The number of amides is 1. The van der Waals surface area contributed by atoms with Crippen molar-refractivity contribution >= 4 is 39.4 Å². The van der Waals surface area contributed by atoms with Crippen LogP contribution in [0.3, 0.4) is 0 Å². The Bertz CT molecular complexity index is 1370. The van der Waals surface area contributed by atoms with Crippen LogP contribution in [0.25, 0.3) is 21.8 Å². The Balaban J connectivity index is 1.48. The second-order valence-corrected chi connectivity index (χ2v) is 7.10. The maximum atomic E-state index is 12.5. The molecule has 0 aliphatic heterocycles. The summed E-state index contributed by atoms with van der Waals surface area (Å²) >= 11 is 0. The Morgan fingerprint density at radius 2 is 1.84 bits per heavy atom. The number of esters is 1. The summed E-state index contributed by atoms with van der Waals surface area (Å²) < 4.78 is 6.79. The molecule has 4 rings (SSSR count). The van der Waals surface area contributed by atoms with E-state index in [2.05, 4.69) is 10.3 Å². The first-order valence-corrected chi connectivity index (χ1v) is 9.94. The van der Waals surface area contributed by atoms with Gasteiger partial charge in [-0.2, -0.15) is 0 Å². The molecule has 1 N–H and O–H groups in total. The fourth-order valence-corrected chi connectivity index (χ4v) is 3.55. The number of hydrogen-bond donors (Lipinski definition) is 1. The van der Waals surface area contributed by atoms with Crippen molar-refractivity contribution in [1.29, 1.82) is 0 Å². The lowest BCUT2D eigenvalue weighted by atomic mass is 10.1. The Labute approximate surface area is 178 Å². The number of hydrogen-bond acceptors (Lipinski definition) is 5. The maximum Gasteiger partial charge on any atom is 0.338 e. The average Bonchev–Trinajstić information content (AvgIpc) is 2.78. The predicted octanol–water partition coefficient (Wildman–Crippen LogP) is 3.67. The number of nitrogens with zero attached hydrogens (tertiary/aromatic N) is 2. The molecule has 0 unspecified atom stereocenters. The van der Waals surface area contributed by atoms with Crippen LogP contribution in [0, 0.1) is 6.92 Å². The summed E-state index contributed by atoms with van der Waals surface area (Å²) in [4.78, 5) is 41.3. The van der Waals surface area contributed by atoms with Gasteiger partial charge in [-0.25, -0.2) is 9.78 Å². The van der Waals surface area contributed by atoms with Gasteiger partial charge in [-0.05, 0) is 43.5 Å². The SMILES string of the molecule is CCn1c(=O)c(C)nc2cc(C(=O)OCC(=O)Nc3cccc4ccccc34)ccc21. The largest absolute Gasteiger partial charge is 0.452 e. The Hall–Kier alpha value is -4.00. The van der Waals surface area contributed by atoms with Crippen LogP contribution in [-0.2, 0) is 16.1 Å². The van der Waals surface area contributed by atoms with Crippen LogP contribution >= 0.6 is 0 Å². The van der Waals surface area contributed by atoms with E-state index in [9.17, 15) is 14.4 Å². The van der Waals surface area contributed by atoms with Crippen LogP contribution in [0.1, 0.15) is 23.0 Å². The zero-order valence-corrected chi connectivity index (χ0v) is 17.2. The van der Waals surface area contributed by atoms with Gasteiger partial charge in [-0.15, -0.1) is 0 Å². The standard InChI is InChI=1S/C24H21N3O4/c1-3-27-21-12-11-17(13-20(21)25-15(2)23(27)29)24(30)31-14-22(28)26-19-10-6-8-16-7-4-5-9-18(16)19/h4-13H,3,14H2,1-2H3,(H,26,28). The summed E-state index contributed by atoms with van der Waals surface area (Å²) in [5.41, 5.74) is 2.28. The molecular weight excluding hydrogens is 394 g/mol. The summed E-state index contributed by atoms with van der Waals surface area (Å²) in [6.45, 7) is 3.59. The lowest BCUT2D eigenvalue weighted by Crippen LogP contribution is -2.23. The van der Waals surface area contributed by atoms with Crippen molar-refractivity contribution in [3.8, 4) is 0 Å². The highest BCUT2D eigenvalue weighted by Crippen LogP contribution is 2.23. The van der Waals surface area contributed by atoms with Gasteiger partial charge in [0.05, 0.1) is 16.6 Å². The number of fused-ring (bicyclic) bond motifs is 2. The van der Waals surface area contributed by atoms with E-state index >= 15 is 0 Å². The molecule has 0 saturated carbocycles. The number of ether oxygens (including phenoxy) is 1. The zero-order valence-electron chi connectivity index (χ0n) is 17.2. The molecule has 0 aliphatic rings. The van der Waals surface area contributed by atoms with E-state index in [1.165, 1.54) is 0 Å². The number of carbonyl (C=O) groups excluding carboxylic acids is 2. The topological polar surface area (TPSA) is 90.3 Å². The Kier molecular flexibility index (Phi) is 5.49. The molecule has 1 amide bonds. The predicted molar refractivity (Wildman–Crippen MR) is 119 cm³/mol. The van der Waals surface area contributed by atoms with Crippen molar-refractivity contribution < 1.29 is 14.3 Å². The summed E-state index contributed by atoms with van der Waals surface area (Å²) in [6, 6.07) is 18.1. The van der Waals surface area contributed by atoms with Gasteiger partial charge in [0.2, 0.25) is 0 Å². The van der Waals surface area contributed by atoms with Crippen molar-refractivity contribution in [3.05, 3.63) is 82.3 Å². The first kappa shape index (κ1) is 20.3. The van der Waals surface area contributed by atoms with E-state index in [4.69, 9.17) is 4.74 Å². The van der Waals surface area contributed by atoms with E-state index in [1.807, 2.05) is 43.3 Å². The molecule has 0 fully saturated rings. The Morgan fingerprint density at radius 3 is 2.65 bits per heavy atom. The van der Waals surface area contributed by atoms with Crippen molar-refractivity contribution in [1.82, 2.24) is 9.55 Å². The van der Waals surface area contributed by atoms with Crippen molar-refractivity contribution in [2.75, 3.05) is 11.9 Å². The molecule has 31 heavy (non-hydrogen) atoms. The van der Waals surface area contributed by atoms with Crippen LogP contribution in [-0.4, -0.2) is 28.0 Å².